The molecule has 1 fully saturated rings. The predicted molar refractivity (Wildman–Crippen MR) is 96.1 cm³/mol. The number of benzene rings is 1. The van der Waals surface area contributed by atoms with Gasteiger partial charge < -0.3 is 19.4 Å². The molecule has 2 heterocycles. The van der Waals surface area contributed by atoms with Crippen molar-refractivity contribution in [2.24, 2.45) is 0 Å². The Morgan fingerprint density at radius 1 is 1.24 bits per heavy atom. The van der Waals surface area contributed by atoms with Gasteiger partial charge in [0.15, 0.2) is 0 Å². The Bertz CT molecular complexity index is 762. The van der Waals surface area contributed by atoms with E-state index < -0.39 is 0 Å². The molecule has 1 N–H and O–H groups in total. The van der Waals surface area contributed by atoms with E-state index in [0.29, 0.717) is 5.56 Å². The molecule has 5 heteroatoms. The van der Waals surface area contributed by atoms with E-state index in [1.807, 2.05) is 29.2 Å². The fraction of sp³-hybridized carbons (Fsp3) is 0.450. The number of amides is 1. The van der Waals surface area contributed by atoms with E-state index >= 15 is 0 Å². The highest BCUT2D eigenvalue weighted by atomic mass is 16.5. The van der Waals surface area contributed by atoms with Crippen LogP contribution in [0.2, 0.25) is 0 Å². The second-order valence-corrected chi connectivity index (χ2v) is 6.80. The SMILES string of the molecule is COc1ccc(C(=O)N2CCCC2)cc1NC1CCCc2occc21. The minimum atomic E-state index is 0.107. The van der Waals surface area contributed by atoms with Crippen molar-refractivity contribution < 1.29 is 13.9 Å². The molecule has 0 saturated carbocycles. The molecule has 1 aliphatic carbocycles. The minimum absolute atomic E-state index is 0.107. The van der Waals surface area contributed by atoms with Crippen LogP contribution >= 0.6 is 0 Å². The Kier molecular flexibility index (Phi) is 4.38. The Morgan fingerprint density at radius 3 is 2.88 bits per heavy atom. The van der Waals surface area contributed by atoms with Crippen molar-refractivity contribution in [3.05, 3.63) is 47.4 Å². The summed E-state index contributed by atoms with van der Waals surface area (Å²) in [7, 11) is 1.66. The highest BCUT2D eigenvalue weighted by Crippen LogP contribution is 2.36. The summed E-state index contributed by atoms with van der Waals surface area (Å²) in [6.45, 7) is 1.71. The normalized spacial score (nSPS) is 19.6. The first-order chi connectivity index (χ1) is 12.3. The molecule has 5 nitrogen and oxygen atoms in total. The van der Waals surface area contributed by atoms with Crippen LogP contribution in [0.25, 0.3) is 0 Å². The second-order valence-electron chi connectivity index (χ2n) is 6.80. The predicted octanol–water partition coefficient (Wildman–Crippen LogP) is 4.01. The lowest BCUT2D eigenvalue weighted by atomic mass is 9.93. The maximum Gasteiger partial charge on any atom is 0.253 e. The molecule has 2 aromatic rings. The van der Waals surface area contributed by atoms with Crippen LogP contribution in [-0.4, -0.2) is 31.0 Å². The first-order valence-electron chi connectivity index (χ1n) is 9.06. The zero-order valence-electron chi connectivity index (χ0n) is 14.6. The average molecular weight is 340 g/mol. The number of nitrogens with zero attached hydrogens (tertiary/aromatic N) is 1. The quantitative estimate of drug-likeness (QED) is 0.913. The maximum atomic E-state index is 12.7. The molecule has 0 radical (unpaired) electrons. The zero-order valence-corrected chi connectivity index (χ0v) is 14.6. The molecule has 1 aromatic heterocycles. The summed E-state index contributed by atoms with van der Waals surface area (Å²) in [5.41, 5.74) is 2.80. The number of rotatable bonds is 4. The van der Waals surface area contributed by atoms with E-state index in [1.54, 1.807) is 13.4 Å². The Morgan fingerprint density at radius 2 is 2.08 bits per heavy atom. The van der Waals surface area contributed by atoms with Crippen molar-refractivity contribution in [3.8, 4) is 5.75 Å². The molecule has 1 atom stereocenters. The van der Waals surface area contributed by atoms with Gasteiger partial charge in [-0.25, -0.2) is 0 Å². The Hall–Kier alpha value is -2.43. The molecular formula is C20H24N2O3. The molecule has 2 aliphatic rings. The van der Waals surface area contributed by atoms with Crippen molar-refractivity contribution in [1.82, 2.24) is 4.90 Å². The van der Waals surface area contributed by atoms with Crippen molar-refractivity contribution >= 4 is 11.6 Å². The number of furan rings is 1. The van der Waals surface area contributed by atoms with Crippen LogP contribution < -0.4 is 10.1 Å². The Labute approximate surface area is 148 Å². The maximum absolute atomic E-state index is 12.7. The number of hydrogen-bond donors (Lipinski definition) is 1. The highest BCUT2D eigenvalue weighted by molar-refractivity contribution is 5.95. The van der Waals surface area contributed by atoms with E-state index in [9.17, 15) is 4.79 Å². The van der Waals surface area contributed by atoms with Gasteiger partial charge in [0.25, 0.3) is 5.91 Å². The van der Waals surface area contributed by atoms with E-state index in [1.165, 1.54) is 5.56 Å². The number of ether oxygens (including phenoxy) is 1. The van der Waals surface area contributed by atoms with Gasteiger partial charge in [-0.3, -0.25) is 4.79 Å². The van der Waals surface area contributed by atoms with E-state index in [4.69, 9.17) is 9.15 Å². The van der Waals surface area contributed by atoms with E-state index in [2.05, 4.69) is 5.32 Å². The molecule has 0 bridgehead atoms. The number of likely N-dealkylation sites (tertiary alicyclic amines) is 1. The number of fused-ring (bicyclic) bond motifs is 1. The Balaban J connectivity index is 1.60. The third-order valence-corrected chi connectivity index (χ3v) is 5.22. The van der Waals surface area contributed by atoms with Gasteiger partial charge in [-0.2, -0.15) is 0 Å². The summed E-state index contributed by atoms with van der Waals surface area (Å²) in [5, 5.41) is 3.57. The topological polar surface area (TPSA) is 54.7 Å². The lowest BCUT2D eigenvalue weighted by Gasteiger charge is -2.25. The molecule has 0 spiro atoms. The van der Waals surface area contributed by atoms with Gasteiger partial charge in [0.1, 0.15) is 11.5 Å². The number of nitrogens with one attached hydrogen (secondary N) is 1. The zero-order chi connectivity index (χ0) is 17.2. The number of methoxy groups -OCH3 is 1. The van der Waals surface area contributed by atoms with Crippen LogP contribution in [0, 0.1) is 0 Å². The molecule has 1 unspecified atom stereocenters. The summed E-state index contributed by atoms with van der Waals surface area (Å²) in [5.74, 6) is 1.93. The highest BCUT2D eigenvalue weighted by Gasteiger charge is 2.25. The average Bonchev–Trinajstić information content (AvgIpc) is 3.33. The van der Waals surface area contributed by atoms with Gasteiger partial charge in [-0.05, 0) is 49.9 Å². The fourth-order valence-electron chi connectivity index (χ4n) is 3.88. The smallest absolute Gasteiger partial charge is 0.253 e. The van der Waals surface area contributed by atoms with Crippen LogP contribution in [-0.2, 0) is 6.42 Å². The van der Waals surface area contributed by atoms with Crippen LogP contribution in [0.1, 0.15) is 53.4 Å². The number of aryl methyl sites for hydroxylation is 1. The van der Waals surface area contributed by atoms with Gasteiger partial charge >= 0.3 is 0 Å². The molecule has 1 amide bonds. The first kappa shape index (κ1) is 16.1. The fourth-order valence-corrected chi connectivity index (χ4v) is 3.88. The summed E-state index contributed by atoms with van der Waals surface area (Å²) >= 11 is 0. The van der Waals surface area contributed by atoms with Crippen molar-refractivity contribution in [1.29, 1.82) is 0 Å². The number of anilines is 1. The third-order valence-electron chi connectivity index (χ3n) is 5.22. The summed E-state index contributed by atoms with van der Waals surface area (Å²) in [4.78, 5) is 14.6. The largest absolute Gasteiger partial charge is 0.495 e. The van der Waals surface area contributed by atoms with Crippen LogP contribution in [0.3, 0.4) is 0 Å². The van der Waals surface area contributed by atoms with Crippen molar-refractivity contribution in [3.63, 3.8) is 0 Å². The van der Waals surface area contributed by atoms with Crippen LogP contribution in [0.15, 0.2) is 34.9 Å². The van der Waals surface area contributed by atoms with Gasteiger partial charge in [0.05, 0.1) is 25.1 Å². The van der Waals surface area contributed by atoms with E-state index in [-0.39, 0.29) is 11.9 Å². The first-order valence-corrected chi connectivity index (χ1v) is 9.06. The minimum Gasteiger partial charge on any atom is -0.495 e. The standard InChI is InChI=1S/C20H24N2O3/c1-24-19-8-7-14(20(23)22-10-2-3-11-22)13-17(19)21-16-5-4-6-18-15(16)9-12-25-18/h7-9,12-13,16,21H,2-6,10-11H2,1H3. The molecule has 1 aromatic carbocycles. The van der Waals surface area contributed by atoms with Gasteiger partial charge in [0.2, 0.25) is 0 Å². The molecule has 25 heavy (non-hydrogen) atoms. The van der Waals surface area contributed by atoms with Crippen LogP contribution in [0.4, 0.5) is 5.69 Å². The molecule has 4 rings (SSSR count). The summed E-state index contributed by atoms with van der Waals surface area (Å²) in [6.07, 6.45) is 7.07. The third kappa shape index (κ3) is 3.11. The van der Waals surface area contributed by atoms with Gasteiger partial charge in [-0.15, -0.1) is 0 Å². The lowest BCUT2D eigenvalue weighted by Crippen LogP contribution is -2.27. The molecule has 1 saturated heterocycles. The number of carbonyl (C=O) groups excluding carboxylic acids is 1. The number of hydrogen-bond acceptors (Lipinski definition) is 4. The summed E-state index contributed by atoms with van der Waals surface area (Å²) in [6, 6.07) is 7.89. The van der Waals surface area contributed by atoms with Crippen LogP contribution in [0.5, 0.6) is 5.75 Å². The molecule has 1 aliphatic heterocycles. The number of carbonyl (C=O) groups is 1. The lowest BCUT2D eigenvalue weighted by molar-refractivity contribution is 0.0793. The summed E-state index contributed by atoms with van der Waals surface area (Å²) < 4.78 is 11.1. The molecular weight excluding hydrogens is 316 g/mol. The van der Waals surface area contributed by atoms with Gasteiger partial charge in [0, 0.05) is 30.6 Å². The monoisotopic (exact) mass is 340 g/mol. The van der Waals surface area contributed by atoms with Gasteiger partial charge in [-0.1, -0.05) is 0 Å². The van der Waals surface area contributed by atoms with Crippen molar-refractivity contribution in [2.75, 3.05) is 25.5 Å². The van der Waals surface area contributed by atoms with E-state index in [0.717, 1.165) is 62.4 Å². The second kappa shape index (κ2) is 6.82. The molecule has 132 valence electrons. The van der Waals surface area contributed by atoms with Crippen molar-refractivity contribution in [2.45, 2.75) is 38.1 Å².